The van der Waals surface area contributed by atoms with Crippen molar-refractivity contribution in [2.24, 2.45) is 0 Å². The first-order valence-corrected chi connectivity index (χ1v) is 7.43. The van der Waals surface area contributed by atoms with Crippen molar-refractivity contribution in [3.05, 3.63) is 24.3 Å². The Morgan fingerprint density at radius 3 is 2.33 bits per heavy atom. The van der Waals surface area contributed by atoms with Crippen LogP contribution in [-0.4, -0.2) is 50.5 Å². The van der Waals surface area contributed by atoms with Crippen LogP contribution in [0, 0.1) is 0 Å². The molecule has 0 amide bonds. The van der Waals surface area contributed by atoms with E-state index in [1.807, 2.05) is 38.1 Å². The number of hydrogen-bond acceptors (Lipinski definition) is 4. The Bertz CT molecular complexity index is 378. The zero-order valence-corrected chi connectivity index (χ0v) is 13.7. The number of halogens is 1. The topological polar surface area (TPSA) is 30.9 Å². The van der Waals surface area contributed by atoms with Gasteiger partial charge in [-0.05, 0) is 44.5 Å². The zero-order valence-electron chi connectivity index (χ0n) is 12.9. The van der Waals surface area contributed by atoms with E-state index in [0.29, 0.717) is 0 Å². The number of benzene rings is 1. The van der Waals surface area contributed by atoms with Crippen molar-refractivity contribution in [3.8, 4) is 11.5 Å². The van der Waals surface area contributed by atoms with Crippen LogP contribution in [0.5, 0.6) is 11.5 Å². The molecule has 0 radical (unpaired) electrons. The monoisotopic (exact) mass is 315 g/mol. The van der Waals surface area contributed by atoms with E-state index in [0.717, 1.165) is 57.4 Å². The Morgan fingerprint density at radius 2 is 1.71 bits per heavy atom. The molecule has 1 heterocycles. The lowest BCUT2D eigenvalue weighted by Gasteiger charge is -2.26. The van der Waals surface area contributed by atoms with Gasteiger partial charge in [-0.3, -0.25) is 4.90 Å². The van der Waals surface area contributed by atoms with Gasteiger partial charge in [-0.1, -0.05) is 0 Å². The molecule has 21 heavy (non-hydrogen) atoms. The summed E-state index contributed by atoms with van der Waals surface area (Å²) < 4.78 is 16.7. The Balaban J connectivity index is 0.00000220. The summed E-state index contributed by atoms with van der Waals surface area (Å²) >= 11 is 0. The molecule has 4 nitrogen and oxygen atoms in total. The summed E-state index contributed by atoms with van der Waals surface area (Å²) in [7, 11) is 0. The maximum atomic E-state index is 5.74. The van der Waals surface area contributed by atoms with Gasteiger partial charge < -0.3 is 14.2 Å². The quantitative estimate of drug-likeness (QED) is 0.724. The zero-order chi connectivity index (χ0) is 14.2. The Labute approximate surface area is 133 Å². The number of rotatable bonds is 7. The van der Waals surface area contributed by atoms with E-state index in [2.05, 4.69) is 4.90 Å². The van der Waals surface area contributed by atoms with Gasteiger partial charge in [0.15, 0.2) is 0 Å². The molecule has 120 valence electrons. The van der Waals surface area contributed by atoms with Crippen LogP contribution in [0.4, 0.5) is 0 Å². The maximum absolute atomic E-state index is 5.74. The van der Waals surface area contributed by atoms with Crippen molar-refractivity contribution in [2.45, 2.75) is 26.4 Å². The molecule has 0 unspecified atom stereocenters. The molecule has 1 fully saturated rings. The van der Waals surface area contributed by atoms with E-state index >= 15 is 0 Å². The molecule has 0 N–H and O–H groups in total. The summed E-state index contributed by atoms with van der Waals surface area (Å²) in [5.74, 6) is 1.80. The number of morpholine rings is 1. The third-order valence-electron chi connectivity index (χ3n) is 3.19. The third-order valence-corrected chi connectivity index (χ3v) is 3.19. The molecular weight excluding hydrogens is 290 g/mol. The van der Waals surface area contributed by atoms with Gasteiger partial charge in [-0.25, -0.2) is 0 Å². The standard InChI is InChI=1S/C16H25NO3.ClH/c1-14(2)20-16-6-4-15(5-7-16)19-11-3-8-17-9-12-18-13-10-17;/h4-7,14H,3,8-13H2,1-2H3;1H. The molecule has 0 bridgehead atoms. The molecule has 1 aliphatic rings. The lowest BCUT2D eigenvalue weighted by molar-refractivity contribution is 0.0358. The predicted octanol–water partition coefficient (Wildman–Crippen LogP) is 3.00. The van der Waals surface area contributed by atoms with Gasteiger partial charge in [-0.15, -0.1) is 12.4 Å². The SMILES string of the molecule is CC(C)Oc1ccc(OCCCN2CCOCC2)cc1.Cl. The van der Waals surface area contributed by atoms with E-state index in [-0.39, 0.29) is 18.5 Å². The largest absolute Gasteiger partial charge is 0.494 e. The van der Waals surface area contributed by atoms with Gasteiger partial charge in [0.2, 0.25) is 0 Å². The van der Waals surface area contributed by atoms with E-state index in [1.165, 1.54) is 0 Å². The first-order chi connectivity index (χ1) is 9.74. The molecule has 1 aliphatic heterocycles. The van der Waals surface area contributed by atoms with Gasteiger partial charge in [0.25, 0.3) is 0 Å². The number of ether oxygens (including phenoxy) is 3. The molecule has 0 atom stereocenters. The highest BCUT2D eigenvalue weighted by molar-refractivity contribution is 5.85. The van der Waals surface area contributed by atoms with Crippen molar-refractivity contribution < 1.29 is 14.2 Å². The highest BCUT2D eigenvalue weighted by atomic mass is 35.5. The van der Waals surface area contributed by atoms with E-state index < -0.39 is 0 Å². The Kier molecular flexibility index (Phi) is 8.50. The van der Waals surface area contributed by atoms with Gasteiger partial charge in [0.05, 0.1) is 25.9 Å². The van der Waals surface area contributed by atoms with Crippen LogP contribution in [0.1, 0.15) is 20.3 Å². The van der Waals surface area contributed by atoms with Gasteiger partial charge in [0, 0.05) is 19.6 Å². The number of nitrogens with zero attached hydrogens (tertiary/aromatic N) is 1. The van der Waals surface area contributed by atoms with Crippen LogP contribution in [0.2, 0.25) is 0 Å². The van der Waals surface area contributed by atoms with Crippen molar-refractivity contribution in [1.29, 1.82) is 0 Å². The minimum Gasteiger partial charge on any atom is -0.494 e. The molecule has 5 heteroatoms. The first-order valence-electron chi connectivity index (χ1n) is 7.43. The van der Waals surface area contributed by atoms with Gasteiger partial charge in [0.1, 0.15) is 11.5 Å². The normalized spacial score (nSPS) is 15.6. The second-order valence-electron chi connectivity index (χ2n) is 5.29. The summed E-state index contributed by atoms with van der Waals surface area (Å²) in [6, 6.07) is 7.84. The summed E-state index contributed by atoms with van der Waals surface area (Å²) in [6.07, 6.45) is 1.25. The van der Waals surface area contributed by atoms with Crippen molar-refractivity contribution >= 4 is 12.4 Å². The molecule has 0 aromatic heterocycles. The number of hydrogen-bond donors (Lipinski definition) is 0. The second-order valence-corrected chi connectivity index (χ2v) is 5.29. The van der Waals surface area contributed by atoms with Crippen LogP contribution in [0.15, 0.2) is 24.3 Å². The maximum Gasteiger partial charge on any atom is 0.119 e. The average Bonchev–Trinajstić information content (AvgIpc) is 2.46. The summed E-state index contributed by atoms with van der Waals surface area (Å²) in [5.41, 5.74) is 0. The lowest BCUT2D eigenvalue weighted by Crippen LogP contribution is -2.37. The van der Waals surface area contributed by atoms with Crippen LogP contribution in [0.3, 0.4) is 0 Å². The average molecular weight is 316 g/mol. The molecule has 1 saturated heterocycles. The van der Waals surface area contributed by atoms with Crippen LogP contribution in [0.25, 0.3) is 0 Å². The minimum atomic E-state index is 0. The molecule has 1 aromatic carbocycles. The molecule has 2 rings (SSSR count). The summed E-state index contributed by atoms with van der Waals surface area (Å²) in [6.45, 7) is 9.69. The fourth-order valence-corrected chi connectivity index (χ4v) is 2.19. The highest BCUT2D eigenvalue weighted by Gasteiger charge is 2.09. The van der Waals surface area contributed by atoms with E-state index in [4.69, 9.17) is 14.2 Å². The van der Waals surface area contributed by atoms with Crippen molar-refractivity contribution in [2.75, 3.05) is 39.5 Å². The lowest BCUT2D eigenvalue weighted by atomic mass is 10.3. The fraction of sp³-hybridized carbons (Fsp3) is 0.625. The summed E-state index contributed by atoms with van der Waals surface area (Å²) in [5, 5.41) is 0. The fourth-order valence-electron chi connectivity index (χ4n) is 2.19. The Hall–Kier alpha value is -0.970. The van der Waals surface area contributed by atoms with Gasteiger partial charge in [-0.2, -0.15) is 0 Å². The summed E-state index contributed by atoms with van der Waals surface area (Å²) in [4.78, 5) is 2.42. The van der Waals surface area contributed by atoms with E-state index in [9.17, 15) is 0 Å². The molecule has 0 saturated carbocycles. The molecule has 0 aliphatic carbocycles. The molecule has 1 aromatic rings. The second kappa shape index (κ2) is 9.87. The van der Waals surface area contributed by atoms with Gasteiger partial charge >= 0.3 is 0 Å². The van der Waals surface area contributed by atoms with Crippen LogP contribution < -0.4 is 9.47 Å². The third kappa shape index (κ3) is 7.02. The highest BCUT2D eigenvalue weighted by Crippen LogP contribution is 2.18. The van der Waals surface area contributed by atoms with E-state index in [1.54, 1.807) is 0 Å². The minimum absolute atomic E-state index is 0. The van der Waals surface area contributed by atoms with Crippen LogP contribution in [-0.2, 0) is 4.74 Å². The van der Waals surface area contributed by atoms with Crippen molar-refractivity contribution in [1.82, 2.24) is 4.90 Å². The molecular formula is C16H26ClNO3. The smallest absolute Gasteiger partial charge is 0.119 e. The van der Waals surface area contributed by atoms with Crippen LogP contribution >= 0.6 is 12.4 Å². The molecule has 0 spiro atoms. The first kappa shape index (κ1) is 18.1. The van der Waals surface area contributed by atoms with Crippen molar-refractivity contribution in [3.63, 3.8) is 0 Å². The predicted molar refractivity (Wildman–Crippen MR) is 86.8 cm³/mol. The Morgan fingerprint density at radius 1 is 1.10 bits per heavy atom.